The van der Waals surface area contributed by atoms with Crippen LogP contribution >= 0.6 is 0 Å². The fraction of sp³-hybridized carbons (Fsp3) is 0.412. The van der Waals surface area contributed by atoms with Crippen molar-refractivity contribution in [2.24, 2.45) is 0 Å². The number of nitrogens with one attached hydrogen (secondary N) is 1. The second kappa shape index (κ2) is 5.30. The molecule has 1 aliphatic rings. The van der Waals surface area contributed by atoms with Crippen molar-refractivity contribution in [2.45, 2.75) is 32.8 Å². The molecule has 1 amide bonds. The lowest BCUT2D eigenvalue weighted by molar-refractivity contribution is 0.0578. The molecule has 2 aromatic rings. The van der Waals surface area contributed by atoms with Crippen LogP contribution in [-0.4, -0.2) is 36.3 Å². The van der Waals surface area contributed by atoms with Crippen molar-refractivity contribution in [1.29, 1.82) is 0 Å². The van der Waals surface area contributed by atoms with Crippen molar-refractivity contribution in [3.05, 3.63) is 29.5 Å². The molecule has 6 heteroatoms. The van der Waals surface area contributed by atoms with Gasteiger partial charge in [-0.15, -0.1) is 0 Å². The zero-order valence-corrected chi connectivity index (χ0v) is 13.7. The predicted octanol–water partition coefficient (Wildman–Crippen LogP) is 3.25. The molecule has 0 spiro atoms. The molecule has 0 unspecified atom stereocenters. The maximum Gasteiger partial charge on any atom is 0.414 e. The third-order valence-corrected chi connectivity index (χ3v) is 3.78. The Balaban J connectivity index is 1.98. The largest absolute Gasteiger partial charge is 0.464 e. The summed E-state index contributed by atoms with van der Waals surface area (Å²) in [5, 5.41) is 0.926. The van der Waals surface area contributed by atoms with Crippen molar-refractivity contribution in [2.75, 3.05) is 18.6 Å². The molecule has 0 bridgehead atoms. The lowest BCUT2D eigenvalue weighted by atomic mass is 10.1. The van der Waals surface area contributed by atoms with E-state index in [0.717, 1.165) is 22.2 Å². The average molecular weight is 316 g/mol. The summed E-state index contributed by atoms with van der Waals surface area (Å²) < 4.78 is 10.2. The number of aromatic nitrogens is 1. The molecule has 122 valence electrons. The molecule has 0 saturated heterocycles. The second-order valence-electron chi connectivity index (χ2n) is 6.58. The molecule has 1 aliphatic heterocycles. The monoisotopic (exact) mass is 316 g/mol. The lowest BCUT2D eigenvalue weighted by Crippen LogP contribution is -2.35. The number of rotatable bonds is 1. The van der Waals surface area contributed by atoms with E-state index in [1.165, 1.54) is 7.11 Å². The van der Waals surface area contributed by atoms with Crippen LogP contribution in [0.25, 0.3) is 10.9 Å². The van der Waals surface area contributed by atoms with E-state index < -0.39 is 11.6 Å². The number of benzene rings is 1. The Bertz CT molecular complexity index is 786. The number of esters is 1. The molecule has 1 N–H and O–H groups in total. The number of carbonyl (C=O) groups is 2. The highest BCUT2D eigenvalue weighted by Gasteiger charge is 2.30. The highest BCUT2D eigenvalue weighted by molar-refractivity contribution is 6.00. The minimum Gasteiger partial charge on any atom is -0.464 e. The van der Waals surface area contributed by atoms with Crippen LogP contribution in [0.15, 0.2) is 18.2 Å². The number of carbonyl (C=O) groups excluding carboxylic acids is 2. The molecule has 3 rings (SSSR count). The topological polar surface area (TPSA) is 71.6 Å². The molecule has 0 radical (unpaired) electrons. The smallest absolute Gasteiger partial charge is 0.414 e. The number of anilines is 1. The number of ether oxygens (including phenoxy) is 2. The Morgan fingerprint density at radius 1 is 1.26 bits per heavy atom. The number of H-pyrrole nitrogens is 1. The average Bonchev–Trinajstić information content (AvgIpc) is 3.07. The summed E-state index contributed by atoms with van der Waals surface area (Å²) in [6.45, 7) is 6.10. The number of hydrogen-bond donors (Lipinski definition) is 1. The van der Waals surface area contributed by atoms with Crippen LogP contribution < -0.4 is 4.90 Å². The molecule has 0 atom stereocenters. The van der Waals surface area contributed by atoms with E-state index in [9.17, 15) is 9.59 Å². The molecule has 1 aromatic heterocycles. The molecular formula is C17H20N2O4. The molecule has 1 aromatic carbocycles. The summed E-state index contributed by atoms with van der Waals surface area (Å²) in [7, 11) is 1.35. The first-order valence-corrected chi connectivity index (χ1v) is 7.53. The van der Waals surface area contributed by atoms with Gasteiger partial charge in [0.1, 0.15) is 11.3 Å². The molecule has 0 saturated carbocycles. The first-order chi connectivity index (χ1) is 10.8. The summed E-state index contributed by atoms with van der Waals surface area (Å²) in [6, 6.07) is 5.54. The Labute approximate surface area is 134 Å². The van der Waals surface area contributed by atoms with Gasteiger partial charge < -0.3 is 14.5 Å². The molecular weight excluding hydrogens is 296 g/mol. The summed E-state index contributed by atoms with van der Waals surface area (Å²) in [5.41, 5.74) is 2.59. The number of hydrogen-bond acceptors (Lipinski definition) is 4. The van der Waals surface area contributed by atoms with E-state index in [0.29, 0.717) is 18.7 Å². The van der Waals surface area contributed by atoms with Gasteiger partial charge >= 0.3 is 12.1 Å². The van der Waals surface area contributed by atoms with Crippen molar-refractivity contribution in [1.82, 2.24) is 4.98 Å². The standard InChI is InChI=1S/C17H20N2O4/c1-17(2,3)23-16(21)19-8-7-11-13(19)6-5-10-9-12(15(20)22-4)18-14(10)11/h5-6,9,18H,7-8H2,1-4H3. The normalized spacial score (nSPS) is 14.0. The van der Waals surface area contributed by atoms with Crippen molar-refractivity contribution >= 4 is 28.7 Å². The van der Waals surface area contributed by atoms with Gasteiger partial charge in [-0.3, -0.25) is 4.90 Å². The zero-order chi connectivity index (χ0) is 16.8. The number of nitrogens with zero attached hydrogens (tertiary/aromatic N) is 1. The van der Waals surface area contributed by atoms with E-state index in [2.05, 4.69) is 4.98 Å². The number of amides is 1. The lowest BCUT2D eigenvalue weighted by Gasteiger charge is -2.24. The van der Waals surface area contributed by atoms with Gasteiger partial charge in [0.05, 0.1) is 18.3 Å². The fourth-order valence-electron chi connectivity index (χ4n) is 2.83. The highest BCUT2D eigenvalue weighted by Crippen LogP contribution is 2.35. The van der Waals surface area contributed by atoms with Gasteiger partial charge in [0.15, 0.2) is 0 Å². The minimum atomic E-state index is -0.533. The van der Waals surface area contributed by atoms with Crippen molar-refractivity contribution in [3.8, 4) is 0 Å². The first kappa shape index (κ1) is 15.4. The van der Waals surface area contributed by atoms with E-state index in [4.69, 9.17) is 9.47 Å². The van der Waals surface area contributed by atoms with Gasteiger partial charge in [0.2, 0.25) is 0 Å². The van der Waals surface area contributed by atoms with Crippen LogP contribution in [0.1, 0.15) is 36.8 Å². The van der Waals surface area contributed by atoms with E-state index in [1.54, 1.807) is 11.0 Å². The Morgan fingerprint density at radius 3 is 2.65 bits per heavy atom. The molecule has 2 heterocycles. The van der Waals surface area contributed by atoms with E-state index >= 15 is 0 Å². The third-order valence-electron chi connectivity index (χ3n) is 3.78. The second-order valence-corrected chi connectivity index (χ2v) is 6.58. The van der Waals surface area contributed by atoms with Gasteiger partial charge in [-0.1, -0.05) is 6.07 Å². The van der Waals surface area contributed by atoms with E-state index in [1.807, 2.05) is 32.9 Å². The van der Waals surface area contributed by atoms with Crippen LogP contribution in [0.4, 0.5) is 10.5 Å². The van der Waals surface area contributed by atoms with Gasteiger partial charge in [-0.25, -0.2) is 9.59 Å². The van der Waals surface area contributed by atoms with Crippen LogP contribution in [0.5, 0.6) is 0 Å². The van der Waals surface area contributed by atoms with Crippen LogP contribution in [0, 0.1) is 0 Å². The molecule has 0 fully saturated rings. The highest BCUT2D eigenvalue weighted by atomic mass is 16.6. The Hall–Kier alpha value is -2.50. The van der Waals surface area contributed by atoms with Crippen LogP contribution in [-0.2, 0) is 15.9 Å². The Morgan fingerprint density at radius 2 is 2.00 bits per heavy atom. The van der Waals surface area contributed by atoms with Gasteiger partial charge in [0.25, 0.3) is 0 Å². The first-order valence-electron chi connectivity index (χ1n) is 7.53. The SMILES string of the molecule is COC(=O)c1cc2ccc3c(c2[nH]1)CCN3C(=O)OC(C)(C)C. The maximum atomic E-state index is 12.3. The minimum absolute atomic E-state index is 0.352. The van der Waals surface area contributed by atoms with Gasteiger partial charge in [-0.05, 0) is 39.3 Å². The summed E-state index contributed by atoms with van der Waals surface area (Å²) >= 11 is 0. The summed E-state index contributed by atoms with van der Waals surface area (Å²) in [5.74, 6) is -0.406. The zero-order valence-electron chi connectivity index (χ0n) is 13.7. The summed E-state index contributed by atoms with van der Waals surface area (Å²) in [6.07, 6.45) is 0.364. The molecule has 23 heavy (non-hydrogen) atoms. The maximum absolute atomic E-state index is 12.3. The van der Waals surface area contributed by atoms with Crippen LogP contribution in [0.3, 0.4) is 0 Å². The predicted molar refractivity (Wildman–Crippen MR) is 86.9 cm³/mol. The number of fused-ring (bicyclic) bond motifs is 3. The van der Waals surface area contributed by atoms with Crippen molar-refractivity contribution < 1.29 is 19.1 Å². The Kier molecular flexibility index (Phi) is 3.55. The number of methoxy groups -OCH3 is 1. The molecule has 0 aliphatic carbocycles. The summed E-state index contributed by atoms with van der Waals surface area (Å²) in [4.78, 5) is 28.8. The number of aromatic amines is 1. The van der Waals surface area contributed by atoms with E-state index in [-0.39, 0.29) is 6.09 Å². The third kappa shape index (κ3) is 2.76. The van der Waals surface area contributed by atoms with Gasteiger partial charge in [0, 0.05) is 17.5 Å². The fourth-order valence-corrected chi connectivity index (χ4v) is 2.83. The molecule has 6 nitrogen and oxygen atoms in total. The quantitative estimate of drug-likeness (QED) is 0.820. The van der Waals surface area contributed by atoms with Gasteiger partial charge in [-0.2, -0.15) is 0 Å². The van der Waals surface area contributed by atoms with Crippen LogP contribution in [0.2, 0.25) is 0 Å². The van der Waals surface area contributed by atoms with Crippen molar-refractivity contribution in [3.63, 3.8) is 0 Å².